The predicted octanol–water partition coefficient (Wildman–Crippen LogP) is 4.95. The van der Waals surface area contributed by atoms with Gasteiger partial charge in [0.05, 0.1) is 19.3 Å². The van der Waals surface area contributed by atoms with E-state index in [2.05, 4.69) is 5.10 Å². The molecule has 0 atom stereocenters. The molecule has 0 aliphatic rings. The zero-order valence-corrected chi connectivity index (χ0v) is 17.7. The summed E-state index contributed by atoms with van der Waals surface area (Å²) in [5.41, 5.74) is 3.23. The SMILES string of the molecule is COc1ccc(Cn2nc(C(C)C)c(-c3cc(Cl)ccc3C(C)=O)cc2=O)cc1. The van der Waals surface area contributed by atoms with Gasteiger partial charge in [0.1, 0.15) is 5.75 Å². The van der Waals surface area contributed by atoms with Gasteiger partial charge in [0.15, 0.2) is 5.78 Å². The number of hydrogen-bond acceptors (Lipinski definition) is 4. The Labute approximate surface area is 174 Å². The van der Waals surface area contributed by atoms with Crippen LogP contribution in [0.25, 0.3) is 11.1 Å². The van der Waals surface area contributed by atoms with Gasteiger partial charge in [0, 0.05) is 22.2 Å². The van der Waals surface area contributed by atoms with E-state index in [0.717, 1.165) is 17.0 Å². The van der Waals surface area contributed by atoms with Gasteiger partial charge in [-0.15, -0.1) is 0 Å². The Morgan fingerprint density at radius 1 is 1.10 bits per heavy atom. The molecule has 0 aliphatic heterocycles. The fourth-order valence-corrected chi connectivity index (χ4v) is 3.38. The van der Waals surface area contributed by atoms with E-state index in [4.69, 9.17) is 16.3 Å². The summed E-state index contributed by atoms with van der Waals surface area (Å²) in [5, 5.41) is 5.14. The van der Waals surface area contributed by atoms with Crippen molar-refractivity contribution in [2.24, 2.45) is 0 Å². The summed E-state index contributed by atoms with van der Waals surface area (Å²) in [6.45, 7) is 5.86. The number of ether oxygens (including phenoxy) is 1. The van der Waals surface area contributed by atoms with E-state index in [1.165, 1.54) is 11.6 Å². The van der Waals surface area contributed by atoms with Crippen LogP contribution in [0.4, 0.5) is 0 Å². The van der Waals surface area contributed by atoms with Gasteiger partial charge in [-0.2, -0.15) is 5.10 Å². The van der Waals surface area contributed by atoms with Crippen molar-refractivity contribution in [3.05, 3.63) is 80.7 Å². The van der Waals surface area contributed by atoms with Crippen LogP contribution in [0.3, 0.4) is 0 Å². The van der Waals surface area contributed by atoms with Gasteiger partial charge < -0.3 is 4.74 Å². The van der Waals surface area contributed by atoms with E-state index in [0.29, 0.717) is 28.3 Å². The first kappa shape index (κ1) is 20.8. The minimum Gasteiger partial charge on any atom is -0.497 e. The topological polar surface area (TPSA) is 61.2 Å². The number of halogens is 1. The van der Waals surface area contributed by atoms with Crippen molar-refractivity contribution < 1.29 is 9.53 Å². The lowest BCUT2D eigenvalue weighted by Crippen LogP contribution is -2.25. The van der Waals surface area contributed by atoms with Crippen LogP contribution in [-0.4, -0.2) is 22.7 Å². The molecule has 1 aromatic heterocycles. The number of ketones is 1. The third kappa shape index (κ3) is 4.57. The molecular weight excluding hydrogens is 388 g/mol. The monoisotopic (exact) mass is 410 g/mol. The fourth-order valence-electron chi connectivity index (χ4n) is 3.21. The second-order valence-electron chi connectivity index (χ2n) is 7.19. The molecule has 1 heterocycles. The molecule has 0 fully saturated rings. The Hall–Kier alpha value is -2.92. The highest BCUT2D eigenvalue weighted by Gasteiger charge is 2.18. The smallest absolute Gasteiger partial charge is 0.267 e. The predicted molar refractivity (Wildman–Crippen MR) is 115 cm³/mol. The molecule has 2 aromatic carbocycles. The van der Waals surface area contributed by atoms with Crippen molar-refractivity contribution in [1.82, 2.24) is 9.78 Å². The quantitative estimate of drug-likeness (QED) is 0.539. The van der Waals surface area contributed by atoms with Crippen LogP contribution in [0.15, 0.2) is 53.3 Å². The number of benzene rings is 2. The van der Waals surface area contributed by atoms with Crippen LogP contribution < -0.4 is 10.3 Å². The molecule has 0 amide bonds. The van der Waals surface area contributed by atoms with E-state index >= 15 is 0 Å². The minimum atomic E-state index is -0.241. The molecule has 0 saturated carbocycles. The number of carbonyl (C=O) groups excluding carboxylic acids is 1. The number of rotatable bonds is 6. The van der Waals surface area contributed by atoms with Crippen LogP contribution in [0.2, 0.25) is 5.02 Å². The number of aromatic nitrogens is 2. The fraction of sp³-hybridized carbons (Fsp3) is 0.261. The maximum absolute atomic E-state index is 12.8. The average Bonchev–Trinajstić information content (AvgIpc) is 2.69. The van der Waals surface area contributed by atoms with Gasteiger partial charge in [-0.05, 0) is 54.3 Å². The maximum Gasteiger partial charge on any atom is 0.267 e. The third-order valence-corrected chi connectivity index (χ3v) is 4.95. The number of hydrogen-bond donors (Lipinski definition) is 0. The van der Waals surface area contributed by atoms with Crippen LogP contribution >= 0.6 is 11.6 Å². The Bertz CT molecular complexity index is 1100. The molecule has 0 saturated heterocycles. The molecule has 6 heteroatoms. The summed E-state index contributed by atoms with van der Waals surface area (Å²) < 4.78 is 6.62. The van der Waals surface area contributed by atoms with E-state index < -0.39 is 0 Å². The Kier molecular flexibility index (Phi) is 6.18. The molecule has 5 nitrogen and oxygen atoms in total. The minimum absolute atomic E-state index is 0.0477. The molecule has 0 radical (unpaired) electrons. The summed E-state index contributed by atoms with van der Waals surface area (Å²) in [5.74, 6) is 0.713. The van der Waals surface area contributed by atoms with Gasteiger partial charge in [-0.3, -0.25) is 9.59 Å². The van der Waals surface area contributed by atoms with Crippen molar-refractivity contribution in [1.29, 1.82) is 0 Å². The van der Waals surface area contributed by atoms with E-state index in [1.54, 1.807) is 31.4 Å². The number of methoxy groups -OCH3 is 1. The normalized spacial score (nSPS) is 11.0. The van der Waals surface area contributed by atoms with Crippen molar-refractivity contribution >= 4 is 17.4 Å². The molecule has 0 N–H and O–H groups in total. The maximum atomic E-state index is 12.8. The Morgan fingerprint density at radius 3 is 2.38 bits per heavy atom. The lowest BCUT2D eigenvalue weighted by atomic mass is 9.93. The Balaban J connectivity index is 2.11. The highest BCUT2D eigenvalue weighted by atomic mass is 35.5. The van der Waals surface area contributed by atoms with Crippen molar-refractivity contribution in [2.45, 2.75) is 33.2 Å². The molecule has 3 rings (SSSR count). The summed E-state index contributed by atoms with van der Waals surface area (Å²) in [4.78, 5) is 25.0. The lowest BCUT2D eigenvalue weighted by molar-refractivity contribution is 0.101. The van der Waals surface area contributed by atoms with Gasteiger partial charge in [0.2, 0.25) is 0 Å². The van der Waals surface area contributed by atoms with Gasteiger partial charge in [-0.25, -0.2) is 4.68 Å². The van der Waals surface area contributed by atoms with Gasteiger partial charge in [0.25, 0.3) is 5.56 Å². The number of carbonyl (C=O) groups is 1. The van der Waals surface area contributed by atoms with E-state index in [9.17, 15) is 9.59 Å². The molecule has 150 valence electrons. The standard InChI is InChI=1S/C23H23ClN2O3/c1-14(2)23-21(20-11-17(24)7-10-19(20)15(3)27)12-22(28)26(25-23)13-16-5-8-18(29-4)9-6-16/h5-12,14H,13H2,1-4H3. The lowest BCUT2D eigenvalue weighted by Gasteiger charge is -2.17. The summed E-state index contributed by atoms with van der Waals surface area (Å²) in [7, 11) is 1.61. The highest BCUT2D eigenvalue weighted by Crippen LogP contribution is 2.31. The van der Waals surface area contributed by atoms with Gasteiger partial charge in [-0.1, -0.05) is 37.6 Å². The van der Waals surface area contributed by atoms with E-state index in [-0.39, 0.29) is 17.3 Å². The summed E-state index contributed by atoms with van der Waals surface area (Å²) in [6.07, 6.45) is 0. The molecular formula is C23H23ClN2O3. The summed E-state index contributed by atoms with van der Waals surface area (Å²) >= 11 is 6.18. The van der Waals surface area contributed by atoms with Crippen LogP contribution in [0.5, 0.6) is 5.75 Å². The zero-order chi connectivity index (χ0) is 21.1. The third-order valence-electron chi connectivity index (χ3n) is 4.72. The number of nitrogens with zero attached hydrogens (tertiary/aromatic N) is 2. The molecule has 0 bridgehead atoms. The summed E-state index contributed by atoms with van der Waals surface area (Å²) in [6, 6.07) is 14.1. The Morgan fingerprint density at radius 2 is 1.79 bits per heavy atom. The average molecular weight is 411 g/mol. The first-order chi connectivity index (χ1) is 13.8. The van der Waals surface area contributed by atoms with Crippen LogP contribution in [0, 0.1) is 0 Å². The first-order valence-electron chi connectivity index (χ1n) is 9.36. The molecule has 0 aliphatic carbocycles. The molecule has 3 aromatic rings. The van der Waals surface area contributed by atoms with Crippen molar-refractivity contribution in [3.63, 3.8) is 0 Å². The van der Waals surface area contributed by atoms with Crippen molar-refractivity contribution in [2.75, 3.05) is 7.11 Å². The second-order valence-corrected chi connectivity index (χ2v) is 7.62. The molecule has 0 unspecified atom stereocenters. The number of Topliss-reactive ketones (excluding diaryl/α,β-unsaturated/α-hetero) is 1. The van der Waals surface area contributed by atoms with Crippen molar-refractivity contribution in [3.8, 4) is 16.9 Å². The van der Waals surface area contributed by atoms with E-state index in [1.807, 2.05) is 38.1 Å². The van der Waals surface area contributed by atoms with Crippen LogP contribution in [0.1, 0.15) is 48.3 Å². The second kappa shape index (κ2) is 8.62. The molecule has 0 spiro atoms. The first-order valence-corrected chi connectivity index (χ1v) is 9.73. The van der Waals surface area contributed by atoms with Crippen LogP contribution in [-0.2, 0) is 6.54 Å². The molecule has 29 heavy (non-hydrogen) atoms. The van der Waals surface area contributed by atoms with Gasteiger partial charge >= 0.3 is 0 Å². The largest absolute Gasteiger partial charge is 0.497 e. The zero-order valence-electron chi connectivity index (χ0n) is 16.9. The highest BCUT2D eigenvalue weighted by molar-refractivity contribution is 6.31.